The molecule has 184 valence electrons. The molecule has 1 atom stereocenters. The number of nitrogens with two attached hydrogens (primary N) is 1. The van der Waals surface area contributed by atoms with Crippen LogP contribution in [0.3, 0.4) is 0 Å². The summed E-state index contributed by atoms with van der Waals surface area (Å²) in [6.07, 6.45) is 8.19. The molecular formula is C25H38N8O. The number of ether oxygens (including phenoxy) is 1. The van der Waals surface area contributed by atoms with E-state index in [-0.39, 0.29) is 24.8 Å². The van der Waals surface area contributed by atoms with Crippen LogP contribution < -0.4 is 15.4 Å². The average Bonchev–Trinajstić information content (AvgIpc) is 3.22. The average molecular weight is 468 g/mol. The van der Waals surface area contributed by atoms with Crippen LogP contribution in [0.5, 0.6) is 6.01 Å². The summed E-state index contributed by atoms with van der Waals surface area (Å²) in [5.41, 5.74) is 9.79. The number of nitrogens with zero attached hydrogens (tertiary/aromatic N) is 7. The summed E-state index contributed by atoms with van der Waals surface area (Å²) in [4.78, 5) is 18.2. The fourth-order valence-electron chi connectivity index (χ4n) is 4.74. The van der Waals surface area contributed by atoms with Gasteiger partial charge in [-0.25, -0.2) is 14.5 Å². The van der Waals surface area contributed by atoms with E-state index >= 15 is 0 Å². The summed E-state index contributed by atoms with van der Waals surface area (Å²) in [7, 11) is 4.30. The van der Waals surface area contributed by atoms with E-state index < -0.39 is 0 Å². The first-order chi connectivity index (χ1) is 16.9. The molecule has 3 aromatic rings. The second-order valence-corrected chi connectivity index (χ2v) is 9.65. The largest absolute Gasteiger partial charge is 0.459 e. The van der Waals surface area contributed by atoms with Crippen molar-refractivity contribution in [3.05, 3.63) is 35.3 Å². The minimum Gasteiger partial charge on any atom is -0.459 e. The number of anilines is 2. The molecular weight excluding hydrogens is 428 g/mol. The SMILES string of the molecule is [2H]C[C@H](CCC)Oc1nc(N)c2ncc(Cc3cnc(N4CCC(CN(C)C)CC4)c(C)c3)n2n1. The van der Waals surface area contributed by atoms with E-state index in [9.17, 15) is 0 Å². The lowest BCUT2D eigenvalue weighted by molar-refractivity contribution is 0.189. The highest BCUT2D eigenvalue weighted by Gasteiger charge is 2.22. The van der Waals surface area contributed by atoms with Crippen molar-refractivity contribution >= 4 is 17.3 Å². The van der Waals surface area contributed by atoms with Crippen molar-refractivity contribution in [3.8, 4) is 6.01 Å². The lowest BCUT2D eigenvalue weighted by Gasteiger charge is -2.34. The van der Waals surface area contributed by atoms with E-state index in [1.54, 1.807) is 10.7 Å². The van der Waals surface area contributed by atoms with Gasteiger partial charge in [0, 0.05) is 33.6 Å². The van der Waals surface area contributed by atoms with Gasteiger partial charge in [-0.1, -0.05) is 19.4 Å². The third-order valence-electron chi connectivity index (χ3n) is 6.35. The highest BCUT2D eigenvalue weighted by atomic mass is 16.5. The van der Waals surface area contributed by atoms with Gasteiger partial charge in [0.15, 0.2) is 11.5 Å². The third-order valence-corrected chi connectivity index (χ3v) is 6.35. The molecule has 0 radical (unpaired) electrons. The molecule has 2 N–H and O–H groups in total. The summed E-state index contributed by atoms with van der Waals surface area (Å²) >= 11 is 0. The molecule has 1 aliphatic rings. The van der Waals surface area contributed by atoms with Gasteiger partial charge in [-0.3, -0.25) is 0 Å². The van der Waals surface area contributed by atoms with Gasteiger partial charge in [0.2, 0.25) is 0 Å². The van der Waals surface area contributed by atoms with Crippen molar-refractivity contribution < 1.29 is 6.11 Å². The molecule has 0 amide bonds. The van der Waals surface area contributed by atoms with Gasteiger partial charge in [-0.2, -0.15) is 4.98 Å². The second-order valence-electron chi connectivity index (χ2n) is 9.65. The predicted octanol–water partition coefficient (Wildman–Crippen LogP) is 3.35. The van der Waals surface area contributed by atoms with Gasteiger partial charge < -0.3 is 20.3 Å². The molecule has 3 aromatic heterocycles. The maximum absolute atomic E-state index is 7.69. The fourth-order valence-corrected chi connectivity index (χ4v) is 4.74. The minimum atomic E-state index is -0.254. The van der Waals surface area contributed by atoms with Crippen LogP contribution in [0.25, 0.3) is 5.65 Å². The van der Waals surface area contributed by atoms with Crippen LogP contribution in [-0.2, 0) is 6.42 Å². The number of aryl methyl sites for hydroxylation is 1. The van der Waals surface area contributed by atoms with Crippen LogP contribution >= 0.6 is 0 Å². The summed E-state index contributed by atoms with van der Waals surface area (Å²) < 4.78 is 15.2. The Morgan fingerprint density at radius 1 is 1.26 bits per heavy atom. The van der Waals surface area contributed by atoms with Crippen LogP contribution in [0.4, 0.5) is 11.6 Å². The van der Waals surface area contributed by atoms with Crippen LogP contribution in [0.2, 0.25) is 0 Å². The van der Waals surface area contributed by atoms with Gasteiger partial charge in [0.1, 0.15) is 5.82 Å². The molecule has 0 saturated carbocycles. The molecule has 0 aromatic carbocycles. The van der Waals surface area contributed by atoms with Crippen LogP contribution in [0.15, 0.2) is 18.5 Å². The van der Waals surface area contributed by atoms with Crippen LogP contribution in [0, 0.1) is 12.8 Å². The number of pyridine rings is 1. The van der Waals surface area contributed by atoms with E-state index in [1.165, 1.54) is 18.4 Å². The highest BCUT2D eigenvalue weighted by Crippen LogP contribution is 2.26. The number of hydrogen-bond donors (Lipinski definition) is 1. The van der Waals surface area contributed by atoms with E-state index in [0.717, 1.165) is 55.5 Å². The van der Waals surface area contributed by atoms with E-state index in [4.69, 9.17) is 16.8 Å². The van der Waals surface area contributed by atoms with E-state index in [0.29, 0.717) is 12.1 Å². The summed E-state index contributed by atoms with van der Waals surface area (Å²) in [5, 5.41) is 4.53. The molecule has 4 heterocycles. The number of hydrogen-bond acceptors (Lipinski definition) is 8. The number of aromatic nitrogens is 5. The van der Waals surface area contributed by atoms with Crippen molar-refractivity contribution in [2.24, 2.45) is 5.92 Å². The maximum Gasteiger partial charge on any atom is 0.336 e. The molecule has 4 rings (SSSR count). The third kappa shape index (κ3) is 5.58. The topological polar surface area (TPSA) is 97.7 Å². The zero-order valence-corrected chi connectivity index (χ0v) is 20.9. The molecule has 0 spiro atoms. The van der Waals surface area contributed by atoms with Gasteiger partial charge in [-0.15, -0.1) is 5.10 Å². The van der Waals surface area contributed by atoms with Crippen molar-refractivity contribution in [2.75, 3.05) is 44.4 Å². The fraction of sp³-hybridized carbons (Fsp3) is 0.600. The lowest BCUT2D eigenvalue weighted by Crippen LogP contribution is -2.37. The number of piperidine rings is 1. The lowest BCUT2D eigenvalue weighted by atomic mass is 9.96. The van der Waals surface area contributed by atoms with Crippen LogP contribution in [0.1, 0.15) is 57.7 Å². The Hall–Kier alpha value is -2.94. The zero-order valence-electron chi connectivity index (χ0n) is 21.9. The maximum atomic E-state index is 7.69. The van der Waals surface area contributed by atoms with E-state index in [1.807, 2.05) is 6.20 Å². The monoisotopic (exact) mass is 467 g/mol. The Morgan fingerprint density at radius 3 is 2.74 bits per heavy atom. The van der Waals surface area contributed by atoms with Crippen molar-refractivity contribution in [1.29, 1.82) is 0 Å². The Labute approximate surface area is 203 Å². The molecule has 9 nitrogen and oxygen atoms in total. The molecule has 1 aliphatic heterocycles. The Balaban J connectivity index is 1.48. The normalized spacial score (nSPS) is 16.3. The molecule has 1 saturated heterocycles. The Kier molecular flexibility index (Phi) is 7.08. The number of rotatable bonds is 9. The second kappa shape index (κ2) is 10.5. The van der Waals surface area contributed by atoms with Crippen molar-refractivity contribution in [2.45, 2.75) is 59.0 Å². The van der Waals surface area contributed by atoms with E-state index in [2.05, 4.69) is 58.9 Å². The quantitative estimate of drug-likeness (QED) is 0.512. The van der Waals surface area contributed by atoms with Gasteiger partial charge >= 0.3 is 6.01 Å². The van der Waals surface area contributed by atoms with Gasteiger partial charge in [-0.05, 0) is 64.2 Å². The first kappa shape index (κ1) is 22.8. The number of nitrogen functional groups attached to an aromatic ring is 1. The Bertz CT molecular complexity index is 1130. The molecule has 0 bridgehead atoms. The number of imidazole rings is 1. The predicted molar refractivity (Wildman–Crippen MR) is 135 cm³/mol. The molecule has 0 aliphatic carbocycles. The first-order valence-electron chi connectivity index (χ1n) is 12.9. The summed E-state index contributed by atoms with van der Waals surface area (Å²) in [6.45, 7) is 7.60. The minimum absolute atomic E-state index is 0.149. The summed E-state index contributed by atoms with van der Waals surface area (Å²) in [6, 6.07) is 2.38. The van der Waals surface area contributed by atoms with Gasteiger partial charge in [0.25, 0.3) is 0 Å². The standard InChI is InChI=1S/C25H38N8O/c1-6-7-18(3)34-25-29-22(26)24-28-15-21(33(24)30-25)13-20-12-17(2)23(27-14-20)32-10-8-19(9-11-32)16-31(4)5/h12,14-15,18-19H,6-11,13,16H2,1-5H3,(H2,26,29,30)/t18-/m1/s1/i3D. The highest BCUT2D eigenvalue weighted by molar-refractivity contribution is 5.60. The van der Waals surface area contributed by atoms with Gasteiger partial charge in [0.05, 0.1) is 18.0 Å². The summed E-state index contributed by atoms with van der Waals surface area (Å²) in [5.74, 6) is 2.11. The first-order valence-corrected chi connectivity index (χ1v) is 12.2. The Morgan fingerprint density at radius 2 is 2.06 bits per heavy atom. The smallest absolute Gasteiger partial charge is 0.336 e. The molecule has 0 unspecified atom stereocenters. The molecule has 34 heavy (non-hydrogen) atoms. The molecule has 1 fully saturated rings. The molecule has 9 heteroatoms. The van der Waals surface area contributed by atoms with Crippen LogP contribution in [-0.4, -0.2) is 69.3 Å². The zero-order chi connectivity index (χ0) is 24.9. The van der Waals surface area contributed by atoms with Crippen molar-refractivity contribution in [3.63, 3.8) is 0 Å². The van der Waals surface area contributed by atoms with Crippen molar-refractivity contribution in [1.82, 2.24) is 29.5 Å². The number of fused-ring (bicyclic) bond motifs is 1.